The lowest BCUT2D eigenvalue weighted by Gasteiger charge is -2.48. The third-order valence-corrected chi connectivity index (χ3v) is 14.7. The summed E-state index contributed by atoms with van der Waals surface area (Å²) in [6, 6.07) is 11.8. The van der Waals surface area contributed by atoms with Crippen LogP contribution in [0.15, 0.2) is 42.6 Å². The van der Waals surface area contributed by atoms with Crippen LogP contribution in [0.5, 0.6) is 0 Å². The number of anilines is 4. The number of likely N-dealkylation sites (N-methyl/N-ethyl adjacent to an activating group) is 1. The first-order valence-corrected chi connectivity index (χ1v) is 23.4. The van der Waals surface area contributed by atoms with Crippen LogP contribution in [0.1, 0.15) is 125 Å². The number of carboxylic acid groups (broad SMARTS) is 1. The molecule has 2 N–H and O–H groups in total. The van der Waals surface area contributed by atoms with Crippen LogP contribution < -0.4 is 10.2 Å². The van der Waals surface area contributed by atoms with Crippen molar-refractivity contribution in [2.45, 2.75) is 130 Å². The molecule has 3 aliphatic rings. The highest BCUT2D eigenvalue weighted by molar-refractivity contribution is 7.22. The maximum absolute atomic E-state index is 13.0. The molecule has 5 aromatic rings. The predicted octanol–water partition coefficient (Wildman–Crippen LogP) is 10.1. The highest BCUT2D eigenvalue weighted by atomic mass is 32.1. The summed E-state index contributed by atoms with van der Waals surface area (Å²) >= 11 is 1.57. The minimum atomic E-state index is -1.09. The maximum atomic E-state index is 13.0. The Morgan fingerprint density at radius 2 is 1.69 bits per heavy atom. The lowest BCUT2D eigenvalue weighted by atomic mass is 9.64. The Hall–Kier alpha value is -4.79. The van der Waals surface area contributed by atoms with Crippen molar-refractivity contribution >= 4 is 55.9 Å². The van der Waals surface area contributed by atoms with E-state index >= 15 is 0 Å². The molecule has 62 heavy (non-hydrogen) atoms. The Labute approximate surface area is 369 Å². The maximum Gasteiger partial charge on any atom is 0.355 e. The van der Waals surface area contributed by atoms with Crippen LogP contribution in [-0.4, -0.2) is 90.6 Å². The molecule has 1 unspecified atom stereocenters. The summed E-state index contributed by atoms with van der Waals surface area (Å²) in [6.07, 6.45) is 15.4. The Morgan fingerprint density at radius 1 is 0.935 bits per heavy atom. The summed E-state index contributed by atoms with van der Waals surface area (Å²) in [4.78, 5) is 38.1. The number of hydrogen-bond donors (Lipinski definition) is 2. The van der Waals surface area contributed by atoms with Crippen molar-refractivity contribution in [2.24, 2.45) is 10.8 Å². The molecule has 5 heterocycles. The molecular weight excluding hydrogens is 799 g/mol. The SMILES string of the molecule is CC(=O)CCCCCCCN(C)CCOC1(Cn2ncc(-c3ccc(N4CCCc5c4nnc(Nc4nc6ccccc6s4)c5C)nc3C(=O)O)c2C)C[C@]2(C)CC[C@](C)(C1)C2. The minimum absolute atomic E-state index is 0.0168. The van der Waals surface area contributed by atoms with E-state index in [1.165, 1.54) is 32.1 Å². The monoisotopic (exact) mass is 861 g/mol. The van der Waals surface area contributed by atoms with E-state index in [2.05, 4.69) is 47.4 Å². The second kappa shape index (κ2) is 18.1. The highest BCUT2D eigenvalue weighted by Crippen LogP contribution is 2.62. The van der Waals surface area contributed by atoms with Crippen molar-refractivity contribution in [3.8, 4) is 11.1 Å². The smallest absolute Gasteiger partial charge is 0.355 e. The Morgan fingerprint density at radius 3 is 2.45 bits per heavy atom. The number of nitrogens with zero attached hydrogens (tertiary/aromatic N) is 8. The van der Waals surface area contributed by atoms with E-state index in [9.17, 15) is 14.7 Å². The second-order valence-corrected chi connectivity index (χ2v) is 20.3. The summed E-state index contributed by atoms with van der Waals surface area (Å²) < 4.78 is 10.2. The summed E-state index contributed by atoms with van der Waals surface area (Å²) in [6.45, 7) is 14.4. The molecule has 3 atom stereocenters. The molecule has 4 aromatic heterocycles. The average molecular weight is 862 g/mol. The number of para-hydroxylation sites is 1. The number of Topliss-reactive ketones (excluding diaryl/α,β-unsaturated/α-hetero) is 1. The van der Waals surface area contributed by atoms with E-state index in [1.807, 2.05) is 53.8 Å². The second-order valence-electron chi connectivity index (χ2n) is 19.2. The standard InChI is InChI=1S/C48H63N9O4S/c1-32(58)15-10-8-7-9-13-23-55(6)25-26-61-48(29-46(4)21-22-47(5,28-46)30-48)31-57-34(3)37(27-49-57)36-19-20-40(51-41(36)44(59)60)56-24-14-16-35-33(2)42(53-54-43(35)56)52-45-50-38-17-11-12-18-39(38)62-45/h11-12,17-20,27H,7-10,13-16,21-26,28-31H2,1-6H3,(H,59,60)(H,50,52,53)/t46-,47+,48?. The Kier molecular flexibility index (Phi) is 12.8. The largest absolute Gasteiger partial charge is 0.476 e. The zero-order chi connectivity index (χ0) is 43.6. The van der Waals surface area contributed by atoms with Gasteiger partial charge in [0, 0.05) is 47.5 Å². The lowest BCUT2D eigenvalue weighted by Crippen LogP contribution is -2.49. The molecule has 2 bridgehead atoms. The first kappa shape index (κ1) is 43.8. The van der Waals surface area contributed by atoms with Gasteiger partial charge in [0.05, 0.1) is 35.2 Å². The molecule has 1 aliphatic heterocycles. The van der Waals surface area contributed by atoms with Gasteiger partial charge in [-0.2, -0.15) is 5.10 Å². The molecule has 2 aliphatic carbocycles. The van der Waals surface area contributed by atoms with Crippen molar-refractivity contribution in [1.82, 2.24) is 34.8 Å². The molecule has 0 spiro atoms. The number of ether oxygens (including phenoxy) is 1. The number of rotatable bonds is 19. The summed E-state index contributed by atoms with van der Waals surface area (Å²) in [5.74, 6) is 1.08. The number of aromatic nitrogens is 6. The third kappa shape index (κ3) is 9.57. The van der Waals surface area contributed by atoms with Crippen LogP contribution in [0.3, 0.4) is 0 Å². The molecule has 0 radical (unpaired) electrons. The van der Waals surface area contributed by atoms with Crippen LogP contribution in [0, 0.1) is 24.7 Å². The van der Waals surface area contributed by atoms with Crippen molar-refractivity contribution in [3.63, 3.8) is 0 Å². The van der Waals surface area contributed by atoms with E-state index in [4.69, 9.17) is 19.8 Å². The van der Waals surface area contributed by atoms with Gasteiger partial charge in [-0.1, -0.05) is 56.6 Å². The number of benzene rings is 1. The van der Waals surface area contributed by atoms with Crippen LogP contribution in [0.4, 0.5) is 22.6 Å². The van der Waals surface area contributed by atoms with Gasteiger partial charge in [0.25, 0.3) is 0 Å². The number of carboxylic acids is 1. The number of carbonyl (C=O) groups excluding carboxylic acids is 1. The van der Waals surface area contributed by atoms with Gasteiger partial charge < -0.3 is 29.8 Å². The predicted molar refractivity (Wildman–Crippen MR) is 246 cm³/mol. The number of unbranched alkanes of at least 4 members (excludes halogenated alkanes) is 4. The highest BCUT2D eigenvalue weighted by Gasteiger charge is 2.56. The van der Waals surface area contributed by atoms with Crippen LogP contribution in [0.25, 0.3) is 21.3 Å². The van der Waals surface area contributed by atoms with Gasteiger partial charge in [0.2, 0.25) is 0 Å². The zero-order valence-corrected chi connectivity index (χ0v) is 38.2. The van der Waals surface area contributed by atoms with Crippen molar-refractivity contribution in [3.05, 3.63) is 65.1 Å². The van der Waals surface area contributed by atoms with Gasteiger partial charge in [0.15, 0.2) is 22.5 Å². The molecule has 1 aromatic carbocycles. The normalized spacial score (nSPS) is 22.1. The fourth-order valence-corrected chi connectivity index (χ4v) is 11.7. The molecule has 14 heteroatoms. The fourth-order valence-electron chi connectivity index (χ4n) is 10.9. The first-order chi connectivity index (χ1) is 29.7. The van der Waals surface area contributed by atoms with E-state index in [-0.39, 0.29) is 27.9 Å². The molecule has 13 nitrogen and oxygen atoms in total. The molecule has 0 amide bonds. The molecule has 8 rings (SSSR count). The molecule has 0 saturated heterocycles. The minimum Gasteiger partial charge on any atom is -0.476 e. The van der Waals surface area contributed by atoms with E-state index < -0.39 is 5.97 Å². The van der Waals surface area contributed by atoms with Crippen LogP contribution in [-0.2, 0) is 22.5 Å². The van der Waals surface area contributed by atoms with Gasteiger partial charge in [-0.3, -0.25) is 4.68 Å². The number of aromatic carboxylic acids is 1. The first-order valence-electron chi connectivity index (χ1n) is 22.6. The van der Waals surface area contributed by atoms with Crippen LogP contribution >= 0.6 is 11.3 Å². The van der Waals surface area contributed by atoms with Crippen molar-refractivity contribution in [1.29, 1.82) is 0 Å². The van der Waals surface area contributed by atoms with Crippen molar-refractivity contribution < 1.29 is 19.4 Å². The van der Waals surface area contributed by atoms with E-state index in [0.717, 1.165) is 95.8 Å². The lowest BCUT2D eigenvalue weighted by molar-refractivity contribution is -0.131. The zero-order valence-electron chi connectivity index (χ0n) is 37.4. The average Bonchev–Trinajstić information content (AvgIpc) is 3.88. The quantitative estimate of drug-likeness (QED) is 0.0761. The Bertz CT molecular complexity index is 2380. The number of fused-ring (bicyclic) bond motifs is 4. The number of carbonyl (C=O) groups is 2. The summed E-state index contributed by atoms with van der Waals surface area (Å²) in [5.41, 5.74) is 5.21. The molecule has 330 valence electrons. The topological polar surface area (TPSA) is 151 Å². The fraction of sp³-hybridized carbons (Fsp3) is 0.562. The number of ketones is 1. The molecule has 2 saturated carbocycles. The summed E-state index contributed by atoms with van der Waals surface area (Å²) in [7, 11) is 2.18. The van der Waals surface area contributed by atoms with Gasteiger partial charge >= 0.3 is 5.97 Å². The van der Waals surface area contributed by atoms with Gasteiger partial charge in [-0.05, 0) is 127 Å². The number of thiazole rings is 1. The van der Waals surface area contributed by atoms with Gasteiger partial charge in [0.1, 0.15) is 11.6 Å². The van der Waals surface area contributed by atoms with Crippen molar-refractivity contribution in [2.75, 3.05) is 43.5 Å². The van der Waals surface area contributed by atoms with Gasteiger partial charge in [-0.25, -0.2) is 14.8 Å². The number of hydrogen-bond acceptors (Lipinski definition) is 12. The van der Waals surface area contributed by atoms with Gasteiger partial charge in [-0.15, -0.1) is 10.2 Å². The third-order valence-electron chi connectivity index (χ3n) is 13.7. The van der Waals surface area contributed by atoms with E-state index in [0.29, 0.717) is 49.1 Å². The molecule has 2 fully saturated rings. The number of nitrogens with one attached hydrogen (secondary N) is 1. The van der Waals surface area contributed by atoms with Crippen LogP contribution in [0.2, 0.25) is 0 Å². The summed E-state index contributed by atoms with van der Waals surface area (Å²) in [5, 5.41) is 29.0. The number of pyridine rings is 1. The van der Waals surface area contributed by atoms with E-state index in [1.54, 1.807) is 24.5 Å². The molecular formula is C48H63N9O4S. The Balaban J connectivity index is 0.980.